The van der Waals surface area contributed by atoms with Crippen molar-refractivity contribution in [3.63, 3.8) is 0 Å². The van der Waals surface area contributed by atoms with Gasteiger partial charge in [-0.2, -0.15) is 0 Å². The number of aromatic amines is 1. The van der Waals surface area contributed by atoms with Crippen LogP contribution in [0.2, 0.25) is 0 Å². The first kappa shape index (κ1) is 39.2. The Labute approximate surface area is 266 Å². The molecule has 1 aromatic heterocycles. The Hall–Kier alpha value is -0.790. The normalized spacial score (nSPS) is 13.1. The third kappa shape index (κ3) is 21.8. The van der Waals surface area contributed by atoms with E-state index in [4.69, 9.17) is 0 Å². The predicted octanol–water partition coefficient (Wildman–Crippen LogP) is 14.1. The molecule has 1 rings (SSSR count). The van der Waals surface area contributed by atoms with Crippen LogP contribution in [0.15, 0.2) is 12.4 Å². The SMILES string of the molecule is CCCCCCCCCCCCCCCCC(C)[n+]1cc[nH]c1C(CCCCCC)CCCCCCCCCCCC. The lowest BCUT2D eigenvalue weighted by Crippen LogP contribution is -2.41. The monoisotopic (exact) mass is 588 g/mol. The summed E-state index contributed by atoms with van der Waals surface area (Å²) in [6.07, 6.45) is 48.7. The van der Waals surface area contributed by atoms with Gasteiger partial charge in [0.1, 0.15) is 12.4 Å². The molecule has 2 atom stereocenters. The van der Waals surface area contributed by atoms with Crippen molar-refractivity contribution in [1.82, 2.24) is 4.98 Å². The van der Waals surface area contributed by atoms with E-state index in [-0.39, 0.29) is 0 Å². The smallest absolute Gasteiger partial charge is 0.247 e. The van der Waals surface area contributed by atoms with Crippen molar-refractivity contribution in [3.8, 4) is 0 Å². The predicted molar refractivity (Wildman–Crippen MR) is 189 cm³/mol. The van der Waals surface area contributed by atoms with Crippen LogP contribution in [0.1, 0.15) is 245 Å². The molecule has 0 aliphatic carbocycles. The minimum atomic E-state index is 0.620. The zero-order valence-corrected chi connectivity index (χ0v) is 29.7. The van der Waals surface area contributed by atoms with Gasteiger partial charge in [-0.3, -0.25) is 0 Å². The van der Waals surface area contributed by atoms with Crippen LogP contribution >= 0.6 is 0 Å². The second kappa shape index (κ2) is 30.2. The van der Waals surface area contributed by atoms with Crippen LogP contribution in [0.5, 0.6) is 0 Å². The van der Waals surface area contributed by atoms with Crippen molar-refractivity contribution in [3.05, 3.63) is 18.2 Å². The second-order valence-electron chi connectivity index (χ2n) is 14.0. The number of unbranched alkanes of at least 4 members (excludes halogenated alkanes) is 25. The average Bonchev–Trinajstić information content (AvgIpc) is 3.49. The maximum atomic E-state index is 3.73. The number of hydrogen-bond acceptors (Lipinski definition) is 0. The lowest BCUT2D eigenvalue weighted by atomic mass is 9.93. The van der Waals surface area contributed by atoms with Crippen LogP contribution in [-0.2, 0) is 0 Å². The number of hydrogen-bond donors (Lipinski definition) is 1. The molecule has 1 heterocycles. The van der Waals surface area contributed by atoms with Crippen LogP contribution in [0.4, 0.5) is 0 Å². The summed E-state index contributed by atoms with van der Waals surface area (Å²) in [4.78, 5) is 3.73. The van der Waals surface area contributed by atoms with Crippen LogP contribution in [0.25, 0.3) is 0 Å². The molecule has 1 N–H and O–H groups in total. The lowest BCUT2D eigenvalue weighted by molar-refractivity contribution is -0.727. The first-order valence-corrected chi connectivity index (χ1v) is 19.8. The van der Waals surface area contributed by atoms with Gasteiger partial charge in [0, 0.05) is 0 Å². The van der Waals surface area contributed by atoms with E-state index in [9.17, 15) is 0 Å². The van der Waals surface area contributed by atoms with E-state index < -0.39 is 0 Å². The third-order valence-electron chi connectivity index (χ3n) is 9.89. The second-order valence-corrected chi connectivity index (χ2v) is 14.0. The Morgan fingerprint density at radius 2 is 0.762 bits per heavy atom. The fraction of sp³-hybridized carbons (Fsp3) is 0.925. The molecule has 0 aromatic carbocycles. The summed E-state index contributed by atoms with van der Waals surface area (Å²) in [7, 11) is 0. The Morgan fingerprint density at radius 3 is 1.14 bits per heavy atom. The first-order valence-electron chi connectivity index (χ1n) is 19.8. The fourth-order valence-electron chi connectivity index (χ4n) is 6.96. The molecule has 42 heavy (non-hydrogen) atoms. The highest BCUT2D eigenvalue weighted by Gasteiger charge is 2.25. The van der Waals surface area contributed by atoms with Gasteiger partial charge >= 0.3 is 0 Å². The molecule has 248 valence electrons. The average molecular weight is 588 g/mol. The van der Waals surface area contributed by atoms with Crippen molar-refractivity contribution < 1.29 is 4.57 Å². The van der Waals surface area contributed by atoms with Crippen LogP contribution in [0, 0.1) is 0 Å². The van der Waals surface area contributed by atoms with Gasteiger partial charge in [-0.15, -0.1) is 0 Å². The Morgan fingerprint density at radius 1 is 0.452 bits per heavy atom. The molecule has 2 heteroatoms. The Kier molecular flexibility index (Phi) is 28.3. The molecule has 0 amide bonds. The minimum Gasteiger partial charge on any atom is -0.247 e. The van der Waals surface area contributed by atoms with E-state index in [2.05, 4.69) is 49.6 Å². The van der Waals surface area contributed by atoms with Crippen molar-refractivity contribution >= 4 is 0 Å². The molecule has 0 saturated heterocycles. The number of aromatic nitrogens is 2. The highest BCUT2D eigenvalue weighted by Crippen LogP contribution is 2.27. The highest BCUT2D eigenvalue weighted by molar-refractivity contribution is 4.90. The van der Waals surface area contributed by atoms with Gasteiger partial charge in [0.05, 0.1) is 12.0 Å². The quantitative estimate of drug-likeness (QED) is 0.0623. The van der Waals surface area contributed by atoms with Gasteiger partial charge in [0.2, 0.25) is 0 Å². The van der Waals surface area contributed by atoms with Gasteiger partial charge in [-0.05, 0) is 32.6 Å². The highest BCUT2D eigenvalue weighted by atomic mass is 15.1. The van der Waals surface area contributed by atoms with E-state index in [0.29, 0.717) is 12.0 Å². The van der Waals surface area contributed by atoms with Crippen LogP contribution in [0.3, 0.4) is 0 Å². The minimum absolute atomic E-state index is 0.620. The molecule has 0 radical (unpaired) electrons. The summed E-state index contributed by atoms with van der Waals surface area (Å²) < 4.78 is 2.63. The van der Waals surface area contributed by atoms with Gasteiger partial charge in [-0.1, -0.05) is 194 Å². The molecule has 1 aromatic rings. The van der Waals surface area contributed by atoms with Gasteiger partial charge in [0.25, 0.3) is 5.82 Å². The van der Waals surface area contributed by atoms with E-state index >= 15 is 0 Å². The number of nitrogens with one attached hydrogen (secondary N) is 1. The van der Waals surface area contributed by atoms with Crippen LogP contribution in [-0.4, -0.2) is 4.98 Å². The Balaban J connectivity index is 2.27. The summed E-state index contributed by atoms with van der Waals surface area (Å²) in [6, 6.07) is 0.620. The summed E-state index contributed by atoms with van der Waals surface area (Å²) in [5.41, 5.74) is 0. The summed E-state index contributed by atoms with van der Waals surface area (Å²) >= 11 is 0. The first-order chi connectivity index (χ1) is 20.7. The van der Waals surface area contributed by atoms with E-state index in [1.165, 1.54) is 205 Å². The topological polar surface area (TPSA) is 19.7 Å². The fourth-order valence-corrected chi connectivity index (χ4v) is 6.96. The van der Waals surface area contributed by atoms with Gasteiger partial charge in [-0.25, -0.2) is 9.55 Å². The summed E-state index contributed by atoms with van der Waals surface area (Å²) in [5, 5.41) is 0. The number of nitrogens with zero attached hydrogens (tertiary/aromatic N) is 1. The molecule has 0 aliphatic heterocycles. The third-order valence-corrected chi connectivity index (χ3v) is 9.89. The number of H-pyrrole nitrogens is 1. The molecule has 0 spiro atoms. The molecule has 0 fully saturated rings. The zero-order chi connectivity index (χ0) is 30.4. The van der Waals surface area contributed by atoms with Crippen molar-refractivity contribution in [2.75, 3.05) is 0 Å². The van der Waals surface area contributed by atoms with Crippen molar-refractivity contribution in [2.45, 2.75) is 239 Å². The van der Waals surface area contributed by atoms with E-state index in [1.807, 2.05) is 0 Å². The number of rotatable bonds is 33. The molecular formula is C40H79N2+. The molecule has 0 saturated carbocycles. The van der Waals surface area contributed by atoms with Crippen LogP contribution < -0.4 is 4.57 Å². The lowest BCUT2D eigenvalue weighted by Gasteiger charge is -2.17. The molecule has 2 unspecified atom stereocenters. The molecule has 0 bridgehead atoms. The largest absolute Gasteiger partial charge is 0.257 e. The van der Waals surface area contributed by atoms with Crippen molar-refractivity contribution in [1.29, 1.82) is 0 Å². The standard InChI is InChI=1S/C40H78N2/c1-5-8-11-14-16-18-20-21-22-23-24-26-28-30-33-38(4)42-37-36-41-40(42)39(34-31-13-10-7-3)35-32-29-27-25-19-17-15-12-9-6-2/h36-39H,5-35H2,1-4H3/p+1. The van der Waals surface area contributed by atoms with E-state index in [1.54, 1.807) is 0 Å². The van der Waals surface area contributed by atoms with Crippen molar-refractivity contribution in [2.24, 2.45) is 0 Å². The zero-order valence-electron chi connectivity index (χ0n) is 29.7. The Bertz CT molecular complexity index is 650. The number of imidazole rings is 1. The maximum Gasteiger partial charge on any atom is 0.257 e. The van der Waals surface area contributed by atoms with Gasteiger partial charge in [0.15, 0.2) is 0 Å². The van der Waals surface area contributed by atoms with Gasteiger partial charge < -0.3 is 0 Å². The summed E-state index contributed by atoms with van der Waals surface area (Å²) in [5.74, 6) is 2.24. The maximum absolute atomic E-state index is 3.73. The summed E-state index contributed by atoms with van der Waals surface area (Å²) in [6.45, 7) is 9.42. The molecule has 2 nitrogen and oxygen atoms in total. The molecular weight excluding hydrogens is 508 g/mol. The van der Waals surface area contributed by atoms with E-state index in [0.717, 1.165) is 0 Å². The molecule has 0 aliphatic rings.